The van der Waals surface area contributed by atoms with E-state index >= 15 is 0 Å². The number of ketones is 1. The first-order chi connectivity index (χ1) is 10.1. The van der Waals surface area contributed by atoms with Crippen molar-refractivity contribution >= 4 is 25.9 Å². The number of hydrogen-bond acceptors (Lipinski definition) is 5. The van der Waals surface area contributed by atoms with Gasteiger partial charge in [0.1, 0.15) is 6.04 Å². The van der Waals surface area contributed by atoms with Crippen LogP contribution in [-0.2, 0) is 9.45 Å². The summed E-state index contributed by atoms with van der Waals surface area (Å²) in [5.74, 6) is 0.0847. The smallest absolute Gasteiger partial charge is 0.332 e. The van der Waals surface area contributed by atoms with Gasteiger partial charge in [-0.15, -0.1) is 0 Å². The van der Waals surface area contributed by atoms with Gasteiger partial charge in [-0.05, 0) is 52.7 Å². The summed E-state index contributed by atoms with van der Waals surface area (Å²) in [6.07, 6.45) is 4.58. The van der Waals surface area contributed by atoms with E-state index in [1.807, 2.05) is 40.7 Å². The van der Waals surface area contributed by atoms with Gasteiger partial charge in [0.05, 0.1) is 5.60 Å². The molecule has 2 N–H and O–H groups in total. The molecule has 1 aliphatic heterocycles. The summed E-state index contributed by atoms with van der Waals surface area (Å²) in [5.41, 5.74) is 1.48. The number of nitrogens with one attached hydrogen (secondary N) is 1. The summed E-state index contributed by atoms with van der Waals surface area (Å²) >= 11 is 4.57. The highest BCUT2D eigenvalue weighted by atomic mass is 32.1. The first kappa shape index (κ1) is 19.3. The van der Waals surface area contributed by atoms with Crippen LogP contribution in [0.2, 0.25) is 0 Å². The number of aliphatic hydroxyl groups excluding tert-OH is 1. The molecule has 4 nitrogen and oxygen atoms in total. The minimum absolute atomic E-state index is 0.0401. The van der Waals surface area contributed by atoms with Gasteiger partial charge in [0, 0.05) is 17.8 Å². The summed E-state index contributed by atoms with van der Waals surface area (Å²) in [7, 11) is 1.71. The number of thiol groups is 1. The van der Waals surface area contributed by atoms with E-state index in [0.717, 1.165) is 11.0 Å². The zero-order chi connectivity index (χ0) is 17.0. The van der Waals surface area contributed by atoms with E-state index in [4.69, 9.17) is 9.76 Å². The van der Waals surface area contributed by atoms with Crippen molar-refractivity contribution in [3.8, 4) is 0 Å². The van der Waals surface area contributed by atoms with Crippen molar-refractivity contribution < 1.29 is 14.6 Å². The van der Waals surface area contributed by atoms with Gasteiger partial charge in [0.25, 0.3) is 0 Å². The Morgan fingerprint density at radius 1 is 1.45 bits per heavy atom. The lowest BCUT2D eigenvalue weighted by Gasteiger charge is -2.38. The lowest BCUT2D eigenvalue weighted by atomic mass is 9.78. The van der Waals surface area contributed by atoms with Crippen molar-refractivity contribution in [3.63, 3.8) is 0 Å². The first-order valence-corrected chi connectivity index (χ1v) is 8.05. The van der Waals surface area contributed by atoms with E-state index in [9.17, 15) is 4.79 Å². The number of rotatable bonds is 8. The topological polar surface area (TPSA) is 58.6 Å². The third kappa shape index (κ3) is 5.18. The molecule has 22 heavy (non-hydrogen) atoms. The van der Waals surface area contributed by atoms with Gasteiger partial charge in [0.2, 0.25) is 0 Å². The van der Waals surface area contributed by atoms with Crippen molar-refractivity contribution in [2.24, 2.45) is 0 Å². The molecule has 1 radical (unpaired) electrons. The fourth-order valence-corrected chi connectivity index (χ4v) is 1.82. The van der Waals surface area contributed by atoms with Gasteiger partial charge in [-0.1, -0.05) is 11.6 Å². The van der Waals surface area contributed by atoms with Crippen LogP contribution in [0, 0.1) is 0 Å². The quantitative estimate of drug-likeness (QED) is 0.473. The molecule has 0 saturated carbocycles. The number of aliphatic hydroxyl groups is 1. The molecule has 123 valence electrons. The fraction of sp³-hybridized carbons (Fsp3) is 0.688. The van der Waals surface area contributed by atoms with Gasteiger partial charge in [-0.25, -0.2) is 0 Å². The van der Waals surface area contributed by atoms with Crippen LogP contribution in [0.15, 0.2) is 23.3 Å². The Balaban J connectivity index is 2.61. The predicted molar refractivity (Wildman–Crippen MR) is 94.1 cm³/mol. The fourth-order valence-electron chi connectivity index (χ4n) is 1.76. The van der Waals surface area contributed by atoms with Gasteiger partial charge < -0.3 is 15.1 Å². The Kier molecular flexibility index (Phi) is 6.77. The number of carbonyl (C=O) groups excluding carboxylic acids is 1. The highest BCUT2D eigenvalue weighted by Gasteiger charge is 2.35. The normalized spacial score (nSPS) is 19.1. The minimum Gasteiger partial charge on any atom is -0.428 e. The maximum Gasteiger partial charge on any atom is 0.332 e. The summed E-state index contributed by atoms with van der Waals surface area (Å²) in [4.78, 5) is 12.0. The van der Waals surface area contributed by atoms with Crippen LogP contribution >= 0.6 is 12.6 Å². The highest BCUT2D eigenvalue weighted by molar-refractivity contribution is 7.81. The van der Waals surface area contributed by atoms with Gasteiger partial charge >= 0.3 is 7.48 Å². The largest absolute Gasteiger partial charge is 0.428 e. The second-order valence-electron chi connectivity index (χ2n) is 6.69. The molecule has 1 aliphatic rings. The number of carbonyl (C=O) groups is 1. The van der Waals surface area contributed by atoms with Crippen molar-refractivity contribution in [3.05, 3.63) is 23.3 Å². The molecule has 6 heteroatoms. The van der Waals surface area contributed by atoms with Crippen molar-refractivity contribution in [2.75, 3.05) is 6.61 Å². The van der Waals surface area contributed by atoms with E-state index in [-0.39, 0.29) is 23.2 Å². The van der Waals surface area contributed by atoms with Crippen molar-refractivity contribution in [2.45, 2.75) is 63.9 Å². The van der Waals surface area contributed by atoms with E-state index in [2.05, 4.69) is 17.9 Å². The Morgan fingerprint density at radius 2 is 2.09 bits per heavy atom. The molecular formula is C16H27BNO3S. The molecule has 0 aromatic rings. The van der Waals surface area contributed by atoms with Crippen LogP contribution < -0.4 is 5.32 Å². The molecule has 0 amide bonds. The lowest BCUT2D eigenvalue weighted by molar-refractivity contribution is -0.120. The van der Waals surface area contributed by atoms with Crippen LogP contribution in [0.25, 0.3) is 0 Å². The average molecular weight is 324 g/mol. The summed E-state index contributed by atoms with van der Waals surface area (Å²) in [6.45, 7) is 10.0. The SMILES string of the molecule is CC1=CC(C(=O)CCCO)NC=C1[B]OC(C)(C)C(C)(C)S. The van der Waals surface area contributed by atoms with Gasteiger partial charge in [-0.3, -0.25) is 4.79 Å². The summed E-state index contributed by atoms with van der Waals surface area (Å²) in [6, 6.07) is -0.321. The van der Waals surface area contributed by atoms with Crippen molar-refractivity contribution in [1.82, 2.24) is 5.32 Å². The zero-order valence-corrected chi connectivity index (χ0v) is 15.0. The maximum atomic E-state index is 12.0. The number of Topliss-reactive ketones (excluding diaryl/α,β-unsaturated/α-hetero) is 1. The Morgan fingerprint density at radius 3 is 2.59 bits per heavy atom. The molecule has 1 rings (SSSR count). The van der Waals surface area contributed by atoms with Crippen LogP contribution in [0.1, 0.15) is 47.5 Å². The third-order valence-corrected chi connectivity index (χ3v) is 4.71. The van der Waals surface area contributed by atoms with Crippen LogP contribution in [0.4, 0.5) is 0 Å². The number of dihydropyridines is 1. The van der Waals surface area contributed by atoms with E-state index in [0.29, 0.717) is 12.8 Å². The van der Waals surface area contributed by atoms with Crippen LogP contribution in [0.3, 0.4) is 0 Å². The monoisotopic (exact) mass is 324 g/mol. The average Bonchev–Trinajstić information content (AvgIpc) is 2.42. The second kappa shape index (κ2) is 7.71. The predicted octanol–water partition coefficient (Wildman–Crippen LogP) is 2.21. The minimum atomic E-state index is -0.426. The highest BCUT2D eigenvalue weighted by Crippen LogP contribution is 2.31. The maximum absolute atomic E-state index is 12.0. The van der Waals surface area contributed by atoms with Crippen LogP contribution in [-0.4, -0.2) is 41.4 Å². The molecule has 1 heterocycles. The second-order valence-corrected chi connectivity index (χ2v) is 7.81. The molecule has 0 bridgehead atoms. The molecule has 0 aromatic heterocycles. The van der Waals surface area contributed by atoms with Crippen LogP contribution in [0.5, 0.6) is 0 Å². The molecule has 0 fully saturated rings. The molecule has 0 spiro atoms. The molecule has 0 aromatic carbocycles. The number of hydrogen-bond donors (Lipinski definition) is 3. The molecule has 0 saturated heterocycles. The lowest BCUT2D eigenvalue weighted by Crippen LogP contribution is -2.44. The summed E-state index contributed by atoms with van der Waals surface area (Å²) in [5, 5.41) is 11.9. The van der Waals surface area contributed by atoms with E-state index in [1.54, 1.807) is 13.7 Å². The molecule has 1 atom stereocenters. The van der Waals surface area contributed by atoms with Crippen molar-refractivity contribution in [1.29, 1.82) is 0 Å². The first-order valence-electron chi connectivity index (χ1n) is 7.60. The summed E-state index contributed by atoms with van der Waals surface area (Å²) < 4.78 is 5.61. The van der Waals surface area contributed by atoms with E-state index < -0.39 is 5.60 Å². The Hall–Kier alpha value is -0.715. The third-order valence-electron chi connectivity index (χ3n) is 4.17. The molecular weight excluding hydrogens is 297 g/mol. The number of allylic oxidation sites excluding steroid dienone is 2. The molecule has 1 unspecified atom stereocenters. The van der Waals surface area contributed by atoms with E-state index in [1.165, 1.54) is 0 Å². The zero-order valence-electron chi connectivity index (χ0n) is 14.1. The standard InChI is InChI=1S/C16H27BNO3S/c1-11-9-13(14(20)7-6-8-19)18-10-12(11)17-21-15(2,3)16(4,5)22/h9-10,13,18-19,22H,6-8H2,1-5H3. The Bertz CT molecular complexity index is 467. The van der Waals surface area contributed by atoms with Gasteiger partial charge in [-0.2, -0.15) is 12.6 Å². The van der Waals surface area contributed by atoms with Gasteiger partial charge in [0.15, 0.2) is 5.78 Å². The Labute approximate surface area is 140 Å². The molecule has 0 aliphatic carbocycles.